The topological polar surface area (TPSA) is 47.6 Å². The Morgan fingerprint density at radius 1 is 1.24 bits per heavy atom. The summed E-state index contributed by atoms with van der Waals surface area (Å²) < 4.78 is 24.8. The predicted octanol–water partition coefficient (Wildman–Crippen LogP) is 4.19. The minimum absolute atomic E-state index is 0.0843. The first kappa shape index (κ1) is 19.5. The van der Waals surface area contributed by atoms with Crippen LogP contribution in [0.2, 0.25) is 10.0 Å². The highest BCUT2D eigenvalue weighted by Gasteiger charge is 2.29. The Bertz CT molecular complexity index is 757. The Balaban J connectivity index is 1.95. The maximum atomic E-state index is 14.0. The van der Waals surface area contributed by atoms with Crippen molar-refractivity contribution in [2.45, 2.75) is 12.5 Å². The second-order valence-corrected chi connectivity index (χ2v) is 6.40. The van der Waals surface area contributed by atoms with Gasteiger partial charge in [0.05, 0.1) is 11.6 Å². The van der Waals surface area contributed by atoms with Crippen LogP contribution in [-0.4, -0.2) is 26.2 Å². The molecule has 2 aromatic rings. The second kappa shape index (κ2) is 8.52. The highest BCUT2D eigenvalue weighted by atomic mass is 35.5. The highest BCUT2D eigenvalue weighted by molar-refractivity contribution is 6.35. The molecule has 7 heteroatoms. The highest BCUT2D eigenvalue weighted by Crippen LogP contribution is 2.28. The molecule has 1 amide bonds. The summed E-state index contributed by atoms with van der Waals surface area (Å²) in [7, 11) is 1.46. The third-order valence-corrected chi connectivity index (χ3v) is 4.30. The molecule has 0 aliphatic rings. The van der Waals surface area contributed by atoms with Crippen LogP contribution in [0.1, 0.15) is 12.5 Å². The molecule has 2 aromatic carbocycles. The molecule has 0 saturated heterocycles. The molecule has 0 bridgehead atoms. The second-order valence-electron chi connectivity index (χ2n) is 5.55. The third kappa shape index (κ3) is 5.08. The number of nitrogens with one attached hydrogen (secondary N) is 1. The molecule has 0 spiro atoms. The van der Waals surface area contributed by atoms with Gasteiger partial charge in [0.25, 0.3) is 5.91 Å². The summed E-state index contributed by atoms with van der Waals surface area (Å²) in [6.45, 7) is 1.54. The minimum atomic E-state index is -1.00. The van der Waals surface area contributed by atoms with Crippen molar-refractivity contribution in [2.24, 2.45) is 0 Å². The van der Waals surface area contributed by atoms with Crippen molar-refractivity contribution < 1.29 is 18.7 Å². The van der Waals surface area contributed by atoms with Crippen molar-refractivity contribution in [3.63, 3.8) is 0 Å². The molecule has 1 N–H and O–H groups in total. The van der Waals surface area contributed by atoms with Crippen LogP contribution in [0.4, 0.5) is 4.39 Å². The van der Waals surface area contributed by atoms with E-state index < -0.39 is 11.4 Å². The largest absolute Gasteiger partial charge is 0.482 e. The monoisotopic (exact) mass is 385 g/mol. The number of rotatable bonds is 7. The van der Waals surface area contributed by atoms with Gasteiger partial charge >= 0.3 is 0 Å². The zero-order valence-corrected chi connectivity index (χ0v) is 15.3. The lowest BCUT2D eigenvalue weighted by Gasteiger charge is -2.29. The first-order valence-corrected chi connectivity index (χ1v) is 8.26. The summed E-state index contributed by atoms with van der Waals surface area (Å²) in [6.07, 6.45) is 0. The summed E-state index contributed by atoms with van der Waals surface area (Å²) in [5.74, 6) is -0.430. The fourth-order valence-corrected chi connectivity index (χ4v) is 2.68. The van der Waals surface area contributed by atoms with Crippen molar-refractivity contribution in [1.82, 2.24) is 5.32 Å². The number of amides is 1. The maximum absolute atomic E-state index is 14.0. The first-order chi connectivity index (χ1) is 11.9. The molecular weight excluding hydrogens is 368 g/mol. The summed E-state index contributed by atoms with van der Waals surface area (Å²) in [6, 6.07) is 11.0. The lowest BCUT2D eigenvalue weighted by molar-refractivity contribution is -0.124. The van der Waals surface area contributed by atoms with Gasteiger partial charge in [-0.2, -0.15) is 0 Å². The van der Waals surface area contributed by atoms with Crippen LogP contribution in [0, 0.1) is 5.82 Å². The van der Waals surface area contributed by atoms with Crippen LogP contribution >= 0.6 is 23.2 Å². The Labute approximate surface area is 155 Å². The summed E-state index contributed by atoms with van der Waals surface area (Å²) >= 11 is 11.8. The molecule has 25 heavy (non-hydrogen) atoms. The molecule has 0 radical (unpaired) electrons. The number of benzene rings is 2. The molecule has 4 nitrogen and oxygen atoms in total. The molecule has 0 aliphatic heterocycles. The molecule has 0 fully saturated rings. The van der Waals surface area contributed by atoms with Crippen LogP contribution in [0.25, 0.3) is 0 Å². The number of halogens is 3. The molecule has 134 valence electrons. The number of carbonyl (C=O) groups is 1. The van der Waals surface area contributed by atoms with Gasteiger partial charge in [-0.05, 0) is 31.2 Å². The van der Waals surface area contributed by atoms with Gasteiger partial charge in [-0.3, -0.25) is 4.79 Å². The Hall–Kier alpha value is -1.82. The molecular formula is C18H18Cl2FNO3. The van der Waals surface area contributed by atoms with E-state index in [1.54, 1.807) is 37.3 Å². The van der Waals surface area contributed by atoms with Gasteiger partial charge in [0.2, 0.25) is 0 Å². The van der Waals surface area contributed by atoms with Crippen molar-refractivity contribution in [3.05, 3.63) is 63.9 Å². The van der Waals surface area contributed by atoms with E-state index in [-0.39, 0.29) is 19.1 Å². The predicted molar refractivity (Wildman–Crippen MR) is 95.7 cm³/mol. The smallest absolute Gasteiger partial charge is 0.258 e. The average molecular weight is 386 g/mol. The Kier molecular flexibility index (Phi) is 6.64. The Morgan fingerprint density at radius 2 is 1.96 bits per heavy atom. The lowest BCUT2D eigenvalue weighted by Crippen LogP contribution is -2.42. The zero-order chi connectivity index (χ0) is 18.4. The molecule has 2 rings (SSSR count). The Morgan fingerprint density at radius 3 is 2.60 bits per heavy atom. The van der Waals surface area contributed by atoms with Crippen molar-refractivity contribution >= 4 is 29.1 Å². The fraction of sp³-hybridized carbons (Fsp3) is 0.278. The molecule has 1 atom stereocenters. The van der Waals surface area contributed by atoms with Crippen LogP contribution in [0.3, 0.4) is 0 Å². The van der Waals surface area contributed by atoms with E-state index in [9.17, 15) is 9.18 Å². The number of hydrogen-bond donors (Lipinski definition) is 1. The normalized spacial score (nSPS) is 13.2. The van der Waals surface area contributed by atoms with Crippen molar-refractivity contribution in [1.29, 1.82) is 0 Å². The van der Waals surface area contributed by atoms with Gasteiger partial charge in [-0.15, -0.1) is 0 Å². The summed E-state index contributed by atoms with van der Waals surface area (Å²) in [5.41, 5.74) is -0.640. The molecule has 0 aromatic heterocycles. The third-order valence-electron chi connectivity index (χ3n) is 3.77. The number of methoxy groups -OCH3 is 1. The van der Waals surface area contributed by atoms with Gasteiger partial charge < -0.3 is 14.8 Å². The summed E-state index contributed by atoms with van der Waals surface area (Å²) in [4.78, 5) is 12.0. The van der Waals surface area contributed by atoms with E-state index in [1.165, 1.54) is 19.2 Å². The van der Waals surface area contributed by atoms with E-state index >= 15 is 0 Å². The van der Waals surface area contributed by atoms with E-state index in [0.29, 0.717) is 21.4 Å². The molecule has 0 unspecified atom stereocenters. The van der Waals surface area contributed by atoms with Gasteiger partial charge in [-0.25, -0.2) is 4.39 Å². The quantitative estimate of drug-likeness (QED) is 0.777. The zero-order valence-electron chi connectivity index (χ0n) is 13.8. The molecule has 0 saturated carbocycles. The lowest BCUT2D eigenvalue weighted by atomic mass is 9.95. The minimum Gasteiger partial charge on any atom is -0.482 e. The number of ether oxygens (including phenoxy) is 2. The van der Waals surface area contributed by atoms with Crippen LogP contribution in [0.5, 0.6) is 5.75 Å². The van der Waals surface area contributed by atoms with E-state index in [2.05, 4.69) is 5.32 Å². The van der Waals surface area contributed by atoms with Crippen LogP contribution < -0.4 is 10.1 Å². The summed E-state index contributed by atoms with van der Waals surface area (Å²) in [5, 5.41) is 3.46. The number of hydrogen-bond acceptors (Lipinski definition) is 3. The average Bonchev–Trinajstić information content (AvgIpc) is 2.59. The standard InChI is InChI=1S/C18H18Cl2FNO3/c1-18(24-2,13-5-3-4-6-15(13)21)11-22-17(23)10-25-16-8-7-12(19)9-14(16)20/h3-9H,10-11H2,1-2H3,(H,22,23)/t18-/m1/s1. The van der Waals surface area contributed by atoms with E-state index in [4.69, 9.17) is 32.7 Å². The van der Waals surface area contributed by atoms with Crippen LogP contribution in [0.15, 0.2) is 42.5 Å². The first-order valence-electron chi connectivity index (χ1n) is 7.50. The van der Waals surface area contributed by atoms with Crippen molar-refractivity contribution in [2.75, 3.05) is 20.3 Å². The SMILES string of the molecule is CO[C@](C)(CNC(=O)COc1ccc(Cl)cc1Cl)c1ccccc1F. The number of carbonyl (C=O) groups excluding carboxylic acids is 1. The maximum Gasteiger partial charge on any atom is 0.258 e. The van der Waals surface area contributed by atoms with Crippen molar-refractivity contribution in [3.8, 4) is 5.75 Å². The van der Waals surface area contributed by atoms with Crippen LogP contribution in [-0.2, 0) is 15.1 Å². The fourth-order valence-electron chi connectivity index (χ4n) is 2.22. The van der Waals surface area contributed by atoms with Gasteiger partial charge in [0.1, 0.15) is 17.2 Å². The van der Waals surface area contributed by atoms with E-state index in [1.807, 2.05) is 0 Å². The molecule has 0 aliphatic carbocycles. The van der Waals surface area contributed by atoms with E-state index in [0.717, 1.165) is 0 Å². The van der Waals surface area contributed by atoms with Gasteiger partial charge in [0, 0.05) is 17.7 Å². The van der Waals surface area contributed by atoms with Gasteiger partial charge in [-0.1, -0.05) is 41.4 Å². The molecule has 0 heterocycles. The van der Waals surface area contributed by atoms with Gasteiger partial charge in [0.15, 0.2) is 6.61 Å².